The highest BCUT2D eigenvalue weighted by Crippen LogP contribution is 2.50. The summed E-state index contributed by atoms with van der Waals surface area (Å²) < 4.78 is 0. The van der Waals surface area contributed by atoms with Crippen molar-refractivity contribution in [1.29, 1.82) is 5.26 Å². The van der Waals surface area contributed by atoms with Crippen LogP contribution in [0.1, 0.15) is 51.9 Å². The van der Waals surface area contributed by atoms with Crippen LogP contribution in [-0.4, -0.2) is 35.7 Å². The van der Waals surface area contributed by atoms with Gasteiger partial charge in [0.05, 0.1) is 17.1 Å². The molecule has 0 amide bonds. The summed E-state index contributed by atoms with van der Waals surface area (Å²) in [5.41, 5.74) is -1.25. The molecule has 3 heteroatoms. The van der Waals surface area contributed by atoms with Gasteiger partial charge in [-0.2, -0.15) is 5.26 Å². The molecule has 3 unspecified atom stereocenters. The van der Waals surface area contributed by atoms with E-state index in [1.807, 2.05) is 0 Å². The van der Waals surface area contributed by atoms with Gasteiger partial charge in [0.25, 0.3) is 0 Å². The van der Waals surface area contributed by atoms with Gasteiger partial charge in [-0.3, -0.25) is 0 Å². The summed E-state index contributed by atoms with van der Waals surface area (Å²) in [4.78, 5) is 2.27. The van der Waals surface area contributed by atoms with Gasteiger partial charge in [-0.15, -0.1) is 0 Å². The van der Waals surface area contributed by atoms with E-state index in [1.165, 1.54) is 6.42 Å². The molecule has 0 aromatic carbocycles. The van der Waals surface area contributed by atoms with Crippen LogP contribution in [0, 0.1) is 22.7 Å². The summed E-state index contributed by atoms with van der Waals surface area (Å²) in [5.74, 6) is 0.573. The third-order valence-electron chi connectivity index (χ3n) is 5.14. The first-order chi connectivity index (χ1) is 8.51. The molecular formula is C15H26N2O. The Labute approximate surface area is 111 Å². The van der Waals surface area contributed by atoms with Crippen LogP contribution in [0.15, 0.2) is 0 Å². The third-order valence-corrected chi connectivity index (χ3v) is 5.14. The van der Waals surface area contributed by atoms with E-state index in [1.54, 1.807) is 0 Å². The molecule has 2 rings (SSSR count). The number of nitrogens with zero attached hydrogens (tertiary/aromatic N) is 2. The molecule has 1 aliphatic carbocycles. The highest BCUT2D eigenvalue weighted by Gasteiger charge is 2.52. The highest BCUT2D eigenvalue weighted by atomic mass is 16.3. The molecule has 1 saturated carbocycles. The van der Waals surface area contributed by atoms with Crippen LogP contribution in [0.2, 0.25) is 0 Å². The Hall–Kier alpha value is -0.590. The first kappa shape index (κ1) is 13.8. The van der Waals surface area contributed by atoms with Gasteiger partial charge in [0.1, 0.15) is 0 Å². The molecule has 1 N–H and O–H groups in total. The minimum absolute atomic E-state index is 0.490. The van der Waals surface area contributed by atoms with Crippen molar-refractivity contribution in [3.63, 3.8) is 0 Å². The van der Waals surface area contributed by atoms with Crippen molar-refractivity contribution in [2.24, 2.45) is 11.3 Å². The molecule has 3 nitrogen and oxygen atoms in total. The normalized spacial score (nSPS) is 43.1. The second kappa shape index (κ2) is 5.19. The number of likely N-dealkylation sites (tertiary alicyclic amines) is 1. The Morgan fingerprint density at radius 3 is 2.67 bits per heavy atom. The fourth-order valence-electron chi connectivity index (χ4n) is 3.91. The van der Waals surface area contributed by atoms with Crippen molar-refractivity contribution in [2.45, 2.75) is 57.5 Å². The summed E-state index contributed by atoms with van der Waals surface area (Å²) in [6, 6.07) is 2.53. The molecule has 0 radical (unpaired) electrons. The molecule has 2 fully saturated rings. The summed E-state index contributed by atoms with van der Waals surface area (Å²) >= 11 is 0. The Kier molecular flexibility index (Phi) is 3.99. The molecular weight excluding hydrogens is 224 g/mol. The topological polar surface area (TPSA) is 47.3 Å². The van der Waals surface area contributed by atoms with Crippen LogP contribution in [-0.2, 0) is 0 Å². The second-order valence-electron chi connectivity index (χ2n) is 6.58. The zero-order chi connectivity index (χ0) is 13.2. The van der Waals surface area contributed by atoms with Crippen LogP contribution in [0.5, 0.6) is 0 Å². The molecule has 0 spiro atoms. The molecule has 0 aromatic rings. The first-order valence-electron chi connectivity index (χ1n) is 7.33. The van der Waals surface area contributed by atoms with Gasteiger partial charge in [-0.25, -0.2) is 0 Å². The van der Waals surface area contributed by atoms with Crippen molar-refractivity contribution in [3.05, 3.63) is 0 Å². The van der Waals surface area contributed by atoms with E-state index in [2.05, 4.69) is 24.9 Å². The van der Waals surface area contributed by atoms with Gasteiger partial charge in [-0.05, 0) is 51.6 Å². The maximum Gasteiger partial charge on any atom is 0.0863 e. The zero-order valence-corrected chi connectivity index (χ0v) is 11.8. The predicted molar refractivity (Wildman–Crippen MR) is 72.0 cm³/mol. The largest absolute Gasteiger partial charge is 0.388 e. The first-order valence-corrected chi connectivity index (χ1v) is 7.33. The van der Waals surface area contributed by atoms with E-state index in [0.29, 0.717) is 5.92 Å². The standard InChI is InChI=1S/C15H26N2O/c1-13-5-3-6-14(11-13,12-16)15(18)7-4-9-17(2)10-8-15/h13,18H,3-11H2,1-2H3. The van der Waals surface area contributed by atoms with Crippen molar-refractivity contribution < 1.29 is 5.11 Å². The maximum absolute atomic E-state index is 11.1. The number of hydrogen-bond donors (Lipinski definition) is 1. The lowest BCUT2D eigenvalue weighted by atomic mass is 9.59. The number of nitriles is 1. The SMILES string of the molecule is CC1CCCC(C#N)(C2(O)CCCN(C)CC2)C1. The molecule has 2 aliphatic rings. The minimum atomic E-state index is -0.763. The van der Waals surface area contributed by atoms with Crippen LogP contribution < -0.4 is 0 Å². The molecule has 102 valence electrons. The van der Waals surface area contributed by atoms with E-state index in [0.717, 1.165) is 51.6 Å². The molecule has 18 heavy (non-hydrogen) atoms. The van der Waals surface area contributed by atoms with Crippen LogP contribution in [0.3, 0.4) is 0 Å². The molecule has 1 aliphatic heterocycles. The zero-order valence-electron chi connectivity index (χ0n) is 11.8. The van der Waals surface area contributed by atoms with E-state index >= 15 is 0 Å². The predicted octanol–water partition coefficient (Wildman–Crippen LogP) is 2.55. The van der Waals surface area contributed by atoms with Gasteiger partial charge in [0.2, 0.25) is 0 Å². The smallest absolute Gasteiger partial charge is 0.0863 e. The molecule has 0 aromatic heterocycles. The van der Waals surface area contributed by atoms with Crippen LogP contribution in [0.4, 0.5) is 0 Å². The Bertz CT molecular complexity index is 338. The molecule has 0 bridgehead atoms. The van der Waals surface area contributed by atoms with Crippen molar-refractivity contribution >= 4 is 0 Å². The molecule has 1 saturated heterocycles. The summed E-state index contributed by atoms with van der Waals surface area (Å²) in [6.45, 7) is 4.17. The van der Waals surface area contributed by atoms with E-state index in [9.17, 15) is 10.4 Å². The van der Waals surface area contributed by atoms with E-state index < -0.39 is 11.0 Å². The minimum Gasteiger partial charge on any atom is -0.388 e. The van der Waals surface area contributed by atoms with E-state index in [-0.39, 0.29) is 0 Å². The average Bonchev–Trinajstić information content (AvgIpc) is 2.52. The van der Waals surface area contributed by atoms with Crippen molar-refractivity contribution in [3.8, 4) is 6.07 Å². The van der Waals surface area contributed by atoms with Crippen LogP contribution >= 0.6 is 0 Å². The number of aliphatic hydroxyl groups is 1. The molecule has 3 atom stereocenters. The van der Waals surface area contributed by atoms with Crippen molar-refractivity contribution in [2.75, 3.05) is 20.1 Å². The summed E-state index contributed by atoms with van der Waals surface area (Å²) in [5, 5.41) is 20.8. The van der Waals surface area contributed by atoms with Crippen LogP contribution in [0.25, 0.3) is 0 Å². The monoisotopic (exact) mass is 250 g/mol. The number of rotatable bonds is 1. The fourth-order valence-corrected chi connectivity index (χ4v) is 3.91. The van der Waals surface area contributed by atoms with Gasteiger partial charge in [0, 0.05) is 6.54 Å². The Balaban J connectivity index is 2.22. The van der Waals surface area contributed by atoms with Crippen molar-refractivity contribution in [1.82, 2.24) is 4.90 Å². The van der Waals surface area contributed by atoms with Gasteiger partial charge >= 0.3 is 0 Å². The Morgan fingerprint density at radius 2 is 2.00 bits per heavy atom. The van der Waals surface area contributed by atoms with Gasteiger partial charge in [-0.1, -0.05) is 19.8 Å². The lowest BCUT2D eigenvalue weighted by molar-refractivity contribution is -0.0896. The molecule has 1 heterocycles. The average molecular weight is 250 g/mol. The quantitative estimate of drug-likeness (QED) is 0.778. The lowest BCUT2D eigenvalue weighted by Crippen LogP contribution is -2.50. The Morgan fingerprint density at radius 1 is 1.22 bits per heavy atom. The fraction of sp³-hybridized carbons (Fsp3) is 0.933. The van der Waals surface area contributed by atoms with Gasteiger partial charge in [0.15, 0.2) is 0 Å². The summed E-state index contributed by atoms with van der Waals surface area (Å²) in [7, 11) is 2.11. The summed E-state index contributed by atoms with van der Waals surface area (Å²) in [6.07, 6.45) is 6.61. The second-order valence-corrected chi connectivity index (χ2v) is 6.58. The third kappa shape index (κ3) is 2.41. The highest BCUT2D eigenvalue weighted by molar-refractivity contribution is 5.13. The van der Waals surface area contributed by atoms with Gasteiger partial charge < -0.3 is 10.0 Å². The van der Waals surface area contributed by atoms with E-state index in [4.69, 9.17) is 0 Å². The number of hydrogen-bond acceptors (Lipinski definition) is 3. The maximum atomic E-state index is 11.1. The lowest BCUT2D eigenvalue weighted by Gasteiger charge is -2.46.